The molecule has 0 aliphatic heterocycles. The topological polar surface area (TPSA) is 70.4 Å². The maximum absolute atomic E-state index is 11.1. The number of aliphatic hydroxyl groups excluding tert-OH is 1. The maximum atomic E-state index is 11.1. The van der Waals surface area contributed by atoms with Crippen LogP contribution in [0.4, 0.5) is 0 Å². The van der Waals surface area contributed by atoms with Gasteiger partial charge in [0, 0.05) is 17.9 Å². The Morgan fingerprint density at radius 1 is 1.38 bits per heavy atom. The van der Waals surface area contributed by atoms with Gasteiger partial charge in [-0.05, 0) is 24.7 Å². The molecule has 1 aromatic carbocycles. The van der Waals surface area contributed by atoms with E-state index in [1.807, 2.05) is 24.3 Å². The number of carboxylic acids is 1. The smallest absolute Gasteiger partial charge is 0.347 e. The Balaban J connectivity index is 2.23. The van der Waals surface area contributed by atoms with Crippen LogP contribution in [0.2, 0.25) is 0 Å². The number of hydrogen-bond donors (Lipinski definition) is 2. The van der Waals surface area contributed by atoms with Gasteiger partial charge in [0.05, 0.1) is 5.69 Å². The number of rotatable bonds is 7. The molecule has 2 rings (SSSR count). The predicted octanol–water partition coefficient (Wildman–Crippen LogP) is 3.43. The highest BCUT2D eigenvalue weighted by Gasteiger charge is 2.16. The number of aromatic nitrogens is 1. The molecule has 2 aromatic rings. The van der Waals surface area contributed by atoms with Crippen LogP contribution in [0, 0.1) is 6.92 Å². The van der Waals surface area contributed by atoms with Crippen molar-refractivity contribution in [3.8, 4) is 10.6 Å². The molecule has 0 aliphatic rings. The number of carboxylic acid groups (broad SMARTS) is 1. The van der Waals surface area contributed by atoms with Gasteiger partial charge in [-0.3, -0.25) is 0 Å². The number of thioether (sulfide) groups is 1. The largest absolute Gasteiger partial charge is 0.477 e. The number of nitrogens with zero attached hydrogens (tertiary/aromatic N) is 1. The van der Waals surface area contributed by atoms with Crippen LogP contribution in [0.15, 0.2) is 24.3 Å². The van der Waals surface area contributed by atoms with Crippen LogP contribution in [0.1, 0.15) is 27.3 Å². The molecule has 6 heteroatoms. The number of aliphatic hydroxyl groups is 1. The van der Waals surface area contributed by atoms with E-state index < -0.39 is 5.97 Å². The average molecular weight is 323 g/mol. The number of aromatic carboxylic acids is 1. The molecule has 21 heavy (non-hydrogen) atoms. The highest BCUT2D eigenvalue weighted by Crippen LogP contribution is 2.32. The van der Waals surface area contributed by atoms with Crippen molar-refractivity contribution in [2.24, 2.45) is 0 Å². The minimum Gasteiger partial charge on any atom is -0.477 e. The monoisotopic (exact) mass is 323 g/mol. The van der Waals surface area contributed by atoms with Gasteiger partial charge in [0.15, 0.2) is 0 Å². The Kier molecular flexibility index (Phi) is 5.78. The minimum absolute atomic E-state index is 0.211. The highest BCUT2D eigenvalue weighted by atomic mass is 32.2. The molecular formula is C15H17NO3S2. The Morgan fingerprint density at radius 3 is 2.81 bits per heavy atom. The number of benzene rings is 1. The van der Waals surface area contributed by atoms with Crippen molar-refractivity contribution in [3.05, 3.63) is 40.4 Å². The summed E-state index contributed by atoms with van der Waals surface area (Å²) in [6.07, 6.45) is 0.784. The van der Waals surface area contributed by atoms with Crippen molar-refractivity contribution in [1.82, 2.24) is 4.98 Å². The van der Waals surface area contributed by atoms with Crippen molar-refractivity contribution in [3.63, 3.8) is 0 Å². The second kappa shape index (κ2) is 7.59. The molecule has 0 bridgehead atoms. The molecule has 1 heterocycles. The standard InChI is InChI=1S/C15H17NO3S2/c1-10-13(15(18)19)21-14(16-10)12-6-3-2-5-11(12)9-20-8-4-7-17/h2-3,5-6,17H,4,7-9H2,1H3,(H,18,19). The van der Waals surface area contributed by atoms with Gasteiger partial charge in [-0.2, -0.15) is 11.8 Å². The number of thiazole rings is 1. The van der Waals surface area contributed by atoms with E-state index in [1.54, 1.807) is 18.7 Å². The van der Waals surface area contributed by atoms with Crippen molar-refractivity contribution < 1.29 is 15.0 Å². The van der Waals surface area contributed by atoms with Gasteiger partial charge in [-0.1, -0.05) is 24.3 Å². The summed E-state index contributed by atoms with van der Waals surface area (Å²) in [6.45, 7) is 1.93. The van der Waals surface area contributed by atoms with E-state index in [0.717, 1.165) is 34.1 Å². The molecule has 112 valence electrons. The lowest BCUT2D eigenvalue weighted by Crippen LogP contribution is -1.94. The third-order valence-electron chi connectivity index (χ3n) is 2.94. The fourth-order valence-corrected chi connectivity index (χ4v) is 3.83. The Bertz CT molecular complexity index is 625. The van der Waals surface area contributed by atoms with Gasteiger partial charge in [0.1, 0.15) is 9.88 Å². The first-order chi connectivity index (χ1) is 10.1. The minimum atomic E-state index is -0.925. The highest BCUT2D eigenvalue weighted by molar-refractivity contribution is 7.98. The van der Waals surface area contributed by atoms with Crippen LogP contribution < -0.4 is 0 Å². The zero-order chi connectivity index (χ0) is 15.2. The Hall–Kier alpha value is -1.37. The number of carbonyl (C=O) groups is 1. The van der Waals surface area contributed by atoms with Crippen molar-refractivity contribution in [2.75, 3.05) is 12.4 Å². The van der Waals surface area contributed by atoms with E-state index in [0.29, 0.717) is 10.6 Å². The van der Waals surface area contributed by atoms with E-state index in [9.17, 15) is 4.79 Å². The fraction of sp³-hybridized carbons (Fsp3) is 0.333. The maximum Gasteiger partial charge on any atom is 0.347 e. The summed E-state index contributed by atoms with van der Waals surface area (Å²) < 4.78 is 0. The SMILES string of the molecule is Cc1nc(-c2ccccc2CSCCCO)sc1C(=O)O. The van der Waals surface area contributed by atoms with Crippen LogP contribution >= 0.6 is 23.1 Å². The Labute approximate surface area is 131 Å². The molecule has 0 saturated heterocycles. The fourth-order valence-electron chi connectivity index (χ4n) is 1.91. The molecule has 0 saturated carbocycles. The van der Waals surface area contributed by atoms with Crippen LogP contribution in [0.25, 0.3) is 10.6 Å². The van der Waals surface area contributed by atoms with Gasteiger partial charge in [0.25, 0.3) is 0 Å². The molecular weight excluding hydrogens is 306 g/mol. The summed E-state index contributed by atoms with van der Waals surface area (Å²) in [7, 11) is 0. The van der Waals surface area contributed by atoms with E-state index in [2.05, 4.69) is 4.98 Å². The van der Waals surface area contributed by atoms with Crippen LogP contribution in [0.3, 0.4) is 0 Å². The van der Waals surface area contributed by atoms with Crippen LogP contribution in [-0.2, 0) is 5.75 Å². The molecule has 0 aliphatic carbocycles. The second-order valence-corrected chi connectivity index (χ2v) is 6.63. The van der Waals surface area contributed by atoms with Gasteiger partial charge in [-0.15, -0.1) is 11.3 Å². The van der Waals surface area contributed by atoms with E-state index in [4.69, 9.17) is 10.2 Å². The van der Waals surface area contributed by atoms with Gasteiger partial charge in [-0.25, -0.2) is 9.78 Å². The van der Waals surface area contributed by atoms with Crippen molar-refractivity contribution >= 4 is 29.1 Å². The number of aryl methyl sites for hydroxylation is 1. The van der Waals surface area contributed by atoms with Crippen LogP contribution in [0.5, 0.6) is 0 Å². The average Bonchev–Trinajstić information content (AvgIpc) is 2.86. The molecule has 0 fully saturated rings. The first-order valence-corrected chi connectivity index (χ1v) is 8.58. The molecule has 2 N–H and O–H groups in total. The van der Waals surface area contributed by atoms with Crippen molar-refractivity contribution in [1.29, 1.82) is 0 Å². The lowest BCUT2D eigenvalue weighted by Gasteiger charge is -2.06. The normalized spacial score (nSPS) is 10.8. The Morgan fingerprint density at radius 2 is 2.14 bits per heavy atom. The number of hydrogen-bond acceptors (Lipinski definition) is 5. The first-order valence-electron chi connectivity index (χ1n) is 6.61. The van der Waals surface area contributed by atoms with Gasteiger partial charge >= 0.3 is 5.97 Å². The van der Waals surface area contributed by atoms with Crippen LogP contribution in [-0.4, -0.2) is 33.5 Å². The zero-order valence-electron chi connectivity index (χ0n) is 11.7. The van der Waals surface area contributed by atoms with Gasteiger partial charge in [0.2, 0.25) is 0 Å². The summed E-state index contributed by atoms with van der Waals surface area (Å²) in [5, 5.41) is 18.7. The lowest BCUT2D eigenvalue weighted by atomic mass is 10.1. The summed E-state index contributed by atoms with van der Waals surface area (Å²) in [5.74, 6) is 0.810. The van der Waals surface area contributed by atoms with E-state index in [-0.39, 0.29) is 6.61 Å². The summed E-state index contributed by atoms with van der Waals surface area (Å²) in [5.41, 5.74) is 2.70. The second-order valence-electron chi connectivity index (χ2n) is 4.53. The molecule has 0 unspecified atom stereocenters. The van der Waals surface area contributed by atoms with Crippen molar-refractivity contribution in [2.45, 2.75) is 19.1 Å². The molecule has 4 nitrogen and oxygen atoms in total. The summed E-state index contributed by atoms with van der Waals surface area (Å²) >= 11 is 2.98. The first kappa shape index (κ1) is 16.0. The quantitative estimate of drug-likeness (QED) is 0.764. The molecule has 0 atom stereocenters. The van der Waals surface area contributed by atoms with E-state index >= 15 is 0 Å². The molecule has 1 aromatic heterocycles. The third-order valence-corrected chi connectivity index (χ3v) is 5.21. The summed E-state index contributed by atoms with van der Waals surface area (Å²) in [4.78, 5) is 15.8. The lowest BCUT2D eigenvalue weighted by molar-refractivity contribution is 0.0701. The van der Waals surface area contributed by atoms with E-state index in [1.165, 1.54) is 11.3 Å². The zero-order valence-corrected chi connectivity index (χ0v) is 13.3. The molecule has 0 radical (unpaired) electrons. The predicted molar refractivity (Wildman–Crippen MR) is 87.1 cm³/mol. The molecule has 0 spiro atoms. The van der Waals surface area contributed by atoms with Gasteiger partial charge < -0.3 is 10.2 Å². The summed E-state index contributed by atoms with van der Waals surface area (Å²) in [6, 6.07) is 7.93. The molecule has 0 amide bonds. The third kappa shape index (κ3) is 4.06.